The number of allylic oxidation sites excluding steroid dienone is 1. The molecule has 3 heteroatoms. The number of hydrogen-bond donors (Lipinski definition) is 0. The molecule has 10 heavy (non-hydrogen) atoms. The predicted molar refractivity (Wildman–Crippen MR) is 41.6 cm³/mol. The fourth-order valence-electron chi connectivity index (χ4n) is 0.801. The van der Waals surface area contributed by atoms with E-state index in [9.17, 15) is 0 Å². The van der Waals surface area contributed by atoms with Gasteiger partial charge in [0.25, 0.3) is 0 Å². The van der Waals surface area contributed by atoms with Gasteiger partial charge in [-0.05, 0) is 5.92 Å². The number of hydrogen-bond acceptors (Lipinski definition) is 2. The maximum atomic E-state index is 5.19. The third-order valence-corrected chi connectivity index (χ3v) is 1.30. The van der Waals surface area contributed by atoms with E-state index in [1.54, 1.807) is 0 Å². The lowest BCUT2D eigenvalue weighted by Gasteiger charge is -1.96. The van der Waals surface area contributed by atoms with Crippen molar-refractivity contribution in [3.63, 3.8) is 0 Å². The summed E-state index contributed by atoms with van der Waals surface area (Å²) in [4.78, 5) is 0. The van der Waals surface area contributed by atoms with Crippen LogP contribution < -0.4 is 0 Å². The highest BCUT2D eigenvalue weighted by Gasteiger charge is 2.19. The second-order valence-corrected chi connectivity index (χ2v) is 2.74. The summed E-state index contributed by atoms with van der Waals surface area (Å²) < 4.78 is 10.4. The zero-order valence-corrected chi connectivity index (χ0v) is 6.54. The minimum Gasteiger partial charge on any atom is -0.405 e. The summed E-state index contributed by atoms with van der Waals surface area (Å²) in [5, 5.41) is 0. The van der Waals surface area contributed by atoms with Crippen LogP contribution in [0.2, 0.25) is 0 Å². The lowest BCUT2D eigenvalue weighted by Crippen LogP contribution is -2.10. The standard InChI is InChI=1S/C7H13BO2/c1-7(2)3-4-8-9-5-6-10-8/h3-4,7H,5-6H2,1-2H3/b4-3+. The zero-order chi connectivity index (χ0) is 7.40. The molecular formula is C7H13BO2. The molecular weight excluding hydrogens is 127 g/mol. The summed E-state index contributed by atoms with van der Waals surface area (Å²) in [5.41, 5.74) is 0. The topological polar surface area (TPSA) is 18.5 Å². The molecule has 1 aliphatic rings. The SMILES string of the molecule is CC(C)/C=C/B1OCCO1. The van der Waals surface area contributed by atoms with Gasteiger partial charge in [0.1, 0.15) is 0 Å². The molecule has 0 aromatic carbocycles. The zero-order valence-electron chi connectivity index (χ0n) is 6.54. The van der Waals surface area contributed by atoms with Gasteiger partial charge in [0.2, 0.25) is 0 Å². The Morgan fingerprint density at radius 3 is 2.40 bits per heavy atom. The van der Waals surface area contributed by atoms with Crippen molar-refractivity contribution < 1.29 is 9.31 Å². The first-order chi connectivity index (χ1) is 4.79. The van der Waals surface area contributed by atoms with Crippen LogP contribution in [0.25, 0.3) is 0 Å². The third kappa shape index (κ3) is 2.54. The number of rotatable bonds is 2. The van der Waals surface area contributed by atoms with Gasteiger partial charge in [-0.3, -0.25) is 0 Å². The molecule has 0 N–H and O–H groups in total. The van der Waals surface area contributed by atoms with Crippen molar-refractivity contribution in [1.29, 1.82) is 0 Å². The predicted octanol–water partition coefficient (Wildman–Crippen LogP) is 1.27. The van der Waals surface area contributed by atoms with Crippen LogP contribution in [-0.2, 0) is 9.31 Å². The normalized spacial score (nSPS) is 19.7. The van der Waals surface area contributed by atoms with Gasteiger partial charge in [-0.1, -0.05) is 25.9 Å². The van der Waals surface area contributed by atoms with Crippen LogP contribution in [0.3, 0.4) is 0 Å². The highest BCUT2D eigenvalue weighted by atomic mass is 16.6. The van der Waals surface area contributed by atoms with Crippen LogP contribution in [0.5, 0.6) is 0 Å². The van der Waals surface area contributed by atoms with Gasteiger partial charge in [-0.25, -0.2) is 0 Å². The molecule has 0 unspecified atom stereocenters. The van der Waals surface area contributed by atoms with E-state index in [0.29, 0.717) is 5.92 Å². The Hall–Kier alpha value is -0.275. The van der Waals surface area contributed by atoms with E-state index in [4.69, 9.17) is 9.31 Å². The first-order valence-electron chi connectivity index (χ1n) is 3.70. The molecule has 1 saturated heterocycles. The van der Waals surface area contributed by atoms with Crippen LogP contribution in [-0.4, -0.2) is 20.3 Å². The molecule has 1 aliphatic heterocycles. The quantitative estimate of drug-likeness (QED) is 0.537. The molecule has 0 saturated carbocycles. The van der Waals surface area contributed by atoms with Gasteiger partial charge in [-0.2, -0.15) is 0 Å². The summed E-state index contributed by atoms with van der Waals surface area (Å²) >= 11 is 0. The highest BCUT2D eigenvalue weighted by molar-refractivity contribution is 6.51. The van der Waals surface area contributed by atoms with Crippen LogP contribution in [0.1, 0.15) is 13.8 Å². The summed E-state index contributed by atoms with van der Waals surface area (Å²) in [7, 11) is -0.0811. The van der Waals surface area contributed by atoms with Crippen LogP contribution in [0.15, 0.2) is 12.1 Å². The molecule has 0 aromatic rings. The largest absolute Gasteiger partial charge is 0.485 e. The minimum atomic E-state index is -0.0811. The van der Waals surface area contributed by atoms with E-state index in [0.717, 1.165) is 13.2 Å². The van der Waals surface area contributed by atoms with Crippen molar-refractivity contribution in [2.75, 3.05) is 13.2 Å². The van der Waals surface area contributed by atoms with Crippen LogP contribution in [0, 0.1) is 5.92 Å². The summed E-state index contributed by atoms with van der Waals surface area (Å²) in [6, 6.07) is 0. The van der Waals surface area contributed by atoms with E-state index in [-0.39, 0.29) is 7.12 Å². The Morgan fingerprint density at radius 1 is 1.30 bits per heavy atom. The Labute approximate surface area is 62.4 Å². The van der Waals surface area contributed by atoms with Crippen molar-refractivity contribution >= 4 is 7.12 Å². The lowest BCUT2D eigenvalue weighted by molar-refractivity contribution is 0.365. The highest BCUT2D eigenvalue weighted by Crippen LogP contribution is 2.02. The summed E-state index contributed by atoms with van der Waals surface area (Å²) in [6.45, 7) is 5.72. The van der Waals surface area contributed by atoms with Crippen LogP contribution >= 0.6 is 0 Å². The van der Waals surface area contributed by atoms with E-state index in [2.05, 4.69) is 19.9 Å². The maximum Gasteiger partial charge on any atom is 0.485 e. The molecule has 0 amide bonds. The molecule has 1 rings (SSSR count). The third-order valence-electron chi connectivity index (χ3n) is 1.30. The van der Waals surface area contributed by atoms with Crippen molar-refractivity contribution in [2.45, 2.75) is 13.8 Å². The summed E-state index contributed by atoms with van der Waals surface area (Å²) in [5.74, 6) is 2.55. The Kier molecular flexibility index (Phi) is 2.96. The van der Waals surface area contributed by atoms with Gasteiger partial charge in [0, 0.05) is 0 Å². The molecule has 0 radical (unpaired) electrons. The monoisotopic (exact) mass is 140 g/mol. The van der Waals surface area contributed by atoms with Crippen molar-refractivity contribution in [3.8, 4) is 0 Å². The molecule has 0 atom stereocenters. The van der Waals surface area contributed by atoms with E-state index in [1.807, 2.05) is 5.98 Å². The minimum absolute atomic E-state index is 0.0811. The smallest absolute Gasteiger partial charge is 0.405 e. The molecule has 2 nitrogen and oxygen atoms in total. The molecule has 1 heterocycles. The molecule has 56 valence electrons. The average Bonchev–Trinajstić information content (AvgIpc) is 2.34. The van der Waals surface area contributed by atoms with E-state index < -0.39 is 0 Å². The van der Waals surface area contributed by atoms with E-state index in [1.165, 1.54) is 0 Å². The van der Waals surface area contributed by atoms with E-state index >= 15 is 0 Å². The molecule has 0 aromatic heterocycles. The maximum absolute atomic E-state index is 5.19. The van der Waals surface area contributed by atoms with Gasteiger partial charge in [0.15, 0.2) is 0 Å². The summed E-state index contributed by atoms with van der Waals surface area (Å²) in [6.07, 6.45) is 2.09. The van der Waals surface area contributed by atoms with Gasteiger partial charge in [0.05, 0.1) is 13.2 Å². The lowest BCUT2D eigenvalue weighted by atomic mass is 9.89. The Balaban J connectivity index is 2.23. The Morgan fingerprint density at radius 2 is 1.90 bits per heavy atom. The Bertz CT molecular complexity index is 117. The molecule has 0 bridgehead atoms. The van der Waals surface area contributed by atoms with Crippen LogP contribution in [0.4, 0.5) is 0 Å². The average molecular weight is 140 g/mol. The molecule has 0 aliphatic carbocycles. The van der Waals surface area contributed by atoms with Gasteiger partial charge < -0.3 is 9.31 Å². The van der Waals surface area contributed by atoms with Gasteiger partial charge in [-0.15, -0.1) is 0 Å². The first-order valence-corrected chi connectivity index (χ1v) is 3.70. The van der Waals surface area contributed by atoms with Gasteiger partial charge >= 0.3 is 7.12 Å². The fourth-order valence-corrected chi connectivity index (χ4v) is 0.801. The second-order valence-electron chi connectivity index (χ2n) is 2.74. The fraction of sp³-hybridized carbons (Fsp3) is 0.714. The molecule has 1 fully saturated rings. The molecule has 0 spiro atoms. The first kappa shape index (κ1) is 7.83. The van der Waals surface area contributed by atoms with Crippen molar-refractivity contribution in [3.05, 3.63) is 12.1 Å². The van der Waals surface area contributed by atoms with Crippen molar-refractivity contribution in [2.24, 2.45) is 5.92 Å². The van der Waals surface area contributed by atoms with Crippen molar-refractivity contribution in [1.82, 2.24) is 0 Å². The second kappa shape index (κ2) is 3.79.